The third kappa shape index (κ3) is 5.40. The number of hydrogen-bond acceptors (Lipinski definition) is 4. The first-order chi connectivity index (χ1) is 11.0. The molecule has 0 fully saturated rings. The normalized spacial score (nSPS) is 9.74. The van der Waals surface area contributed by atoms with Gasteiger partial charge in [-0.15, -0.1) is 0 Å². The maximum absolute atomic E-state index is 11.9. The van der Waals surface area contributed by atoms with Gasteiger partial charge >= 0.3 is 5.97 Å². The second-order valence-corrected chi connectivity index (χ2v) is 4.89. The molecule has 2 aromatic carbocycles. The van der Waals surface area contributed by atoms with Crippen LogP contribution >= 0.6 is 12.2 Å². The van der Waals surface area contributed by atoms with Crippen LogP contribution in [0.15, 0.2) is 54.6 Å². The summed E-state index contributed by atoms with van der Waals surface area (Å²) in [5, 5.41) is 14.1. The topological polar surface area (TPSA) is 87.7 Å². The Labute approximate surface area is 138 Å². The molecule has 1 amide bonds. The molecule has 3 N–H and O–H groups in total. The van der Waals surface area contributed by atoms with Gasteiger partial charge in [0.1, 0.15) is 5.75 Å². The van der Waals surface area contributed by atoms with Gasteiger partial charge in [0.15, 0.2) is 11.7 Å². The lowest BCUT2D eigenvalue weighted by atomic mass is 10.2. The summed E-state index contributed by atoms with van der Waals surface area (Å²) < 4.78 is 5.02. The SMILES string of the molecule is O=C(O)COc1ccc(NC(=S)NC(=O)c2ccccc2)cc1. The first kappa shape index (κ1) is 16.4. The minimum absolute atomic E-state index is 0.165. The van der Waals surface area contributed by atoms with Gasteiger partial charge in [-0.3, -0.25) is 10.1 Å². The quantitative estimate of drug-likeness (QED) is 0.729. The summed E-state index contributed by atoms with van der Waals surface area (Å²) >= 11 is 5.08. The van der Waals surface area contributed by atoms with E-state index in [9.17, 15) is 9.59 Å². The van der Waals surface area contributed by atoms with Gasteiger partial charge in [-0.1, -0.05) is 18.2 Å². The van der Waals surface area contributed by atoms with Crippen LogP contribution in [0.5, 0.6) is 5.75 Å². The van der Waals surface area contributed by atoms with Gasteiger partial charge in [-0.05, 0) is 48.6 Å². The summed E-state index contributed by atoms with van der Waals surface area (Å²) in [5.74, 6) is -0.918. The van der Waals surface area contributed by atoms with Crippen molar-refractivity contribution in [3.05, 3.63) is 60.2 Å². The molecule has 0 aliphatic heterocycles. The zero-order valence-corrected chi connectivity index (χ0v) is 12.8. The van der Waals surface area contributed by atoms with Gasteiger partial charge in [0.05, 0.1) is 0 Å². The lowest BCUT2D eigenvalue weighted by molar-refractivity contribution is -0.139. The smallest absolute Gasteiger partial charge is 0.341 e. The molecule has 118 valence electrons. The lowest BCUT2D eigenvalue weighted by Gasteiger charge is -2.10. The Bertz CT molecular complexity index is 702. The van der Waals surface area contributed by atoms with Crippen molar-refractivity contribution in [1.82, 2.24) is 5.32 Å². The summed E-state index contributed by atoms with van der Waals surface area (Å²) in [5.41, 5.74) is 1.15. The Balaban J connectivity index is 1.87. The van der Waals surface area contributed by atoms with E-state index in [1.54, 1.807) is 48.5 Å². The molecule has 0 aliphatic rings. The number of carboxylic acid groups (broad SMARTS) is 1. The highest BCUT2D eigenvalue weighted by Gasteiger charge is 2.07. The van der Waals surface area contributed by atoms with Crippen LogP contribution in [0.2, 0.25) is 0 Å². The minimum atomic E-state index is -1.04. The Morgan fingerprint density at radius 2 is 1.70 bits per heavy atom. The van der Waals surface area contributed by atoms with Crippen LogP contribution in [0.1, 0.15) is 10.4 Å². The molecule has 6 nitrogen and oxygen atoms in total. The molecule has 2 rings (SSSR count). The van der Waals surface area contributed by atoms with Gasteiger partial charge < -0.3 is 15.2 Å². The summed E-state index contributed by atoms with van der Waals surface area (Å²) in [4.78, 5) is 22.3. The number of amides is 1. The number of carbonyl (C=O) groups is 2. The predicted octanol–water partition coefficient (Wildman–Crippen LogP) is 2.28. The number of anilines is 1. The minimum Gasteiger partial charge on any atom is -0.482 e. The molecule has 0 aromatic heterocycles. The van der Waals surface area contributed by atoms with Crippen molar-refractivity contribution < 1.29 is 19.4 Å². The molecule has 7 heteroatoms. The number of rotatable bonds is 5. The van der Waals surface area contributed by atoms with Crippen LogP contribution in [-0.2, 0) is 4.79 Å². The van der Waals surface area contributed by atoms with Crippen LogP contribution in [0, 0.1) is 0 Å². The number of nitrogens with one attached hydrogen (secondary N) is 2. The van der Waals surface area contributed by atoms with E-state index in [-0.39, 0.29) is 11.0 Å². The molecular weight excluding hydrogens is 316 g/mol. The predicted molar refractivity (Wildman–Crippen MR) is 89.7 cm³/mol. The molecule has 2 aromatic rings. The van der Waals surface area contributed by atoms with E-state index < -0.39 is 12.6 Å². The molecular formula is C16H14N2O4S. The van der Waals surface area contributed by atoms with Crippen molar-refractivity contribution in [2.24, 2.45) is 0 Å². The monoisotopic (exact) mass is 330 g/mol. The lowest BCUT2D eigenvalue weighted by Crippen LogP contribution is -2.34. The standard InChI is InChI=1S/C16H14N2O4S/c19-14(20)10-22-13-8-6-12(7-9-13)17-16(23)18-15(21)11-4-2-1-3-5-11/h1-9H,10H2,(H,19,20)(H2,17,18,21,23). The Kier molecular flexibility index (Phi) is 5.65. The first-order valence-corrected chi connectivity index (χ1v) is 7.07. The van der Waals surface area contributed by atoms with E-state index in [0.29, 0.717) is 17.0 Å². The number of carbonyl (C=O) groups excluding carboxylic acids is 1. The molecule has 0 aliphatic carbocycles. The number of aliphatic carboxylic acids is 1. The van der Waals surface area contributed by atoms with E-state index in [1.807, 2.05) is 6.07 Å². The van der Waals surface area contributed by atoms with Crippen molar-refractivity contribution in [2.75, 3.05) is 11.9 Å². The maximum atomic E-state index is 11.9. The molecule has 0 heterocycles. The fraction of sp³-hybridized carbons (Fsp3) is 0.0625. The highest BCUT2D eigenvalue weighted by molar-refractivity contribution is 7.80. The zero-order chi connectivity index (χ0) is 16.7. The molecule has 0 atom stereocenters. The van der Waals surface area contributed by atoms with Crippen LogP contribution in [0.25, 0.3) is 0 Å². The maximum Gasteiger partial charge on any atom is 0.341 e. The van der Waals surface area contributed by atoms with Crippen LogP contribution in [0.4, 0.5) is 5.69 Å². The molecule has 0 unspecified atom stereocenters. The molecule has 0 spiro atoms. The van der Waals surface area contributed by atoms with E-state index in [2.05, 4.69) is 10.6 Å². The summed E-state index contributed by atoms with van der Waals surface area (Å²) in [6.45, 7) is -0.404. The Morgan fingerprint density at radius 3 is 2.30 bits per heavy atom. The fourth-order valence-electron chi connectivity index (χ4n) is 1.71. The van der Waals surface area contributed by atoms with Crippen molar-refractivity contribution in [2.45, 2.75) is 0 Å². The second-order valence-electron chi connectivity index (χ2n) is 4.48. The Hall–Kier alpha value is -2.93. The van der Waals surface area contributed by atoms with Crippen molar-refractivity contribution in [3.8, 4) is 5.75 Å². The first-order valence-electron chi connectivity index (χ1n) is 6.66. The third-order valence-electron chi connectivity index (χ3n) is 2.74. The van der Waals surface area contributed by atoms with Crippen LogP contribution in [-0.4, -0.2) is 28.7 Å². The number of carboxylic acids is 1. The third-order valence-corrected chi connectivity index (χ3v) is 2.94. The summed E-state index contributed by atoms with van der Waals surface area (Å²) in [6, 6.07) is 15.3. The van der Waals surface area contributed by atoms with Crippen molar-refractivity contribution in [3.63, 3.8) is 0 Å². The largest absolute Gasteiger partial charge is 0.482 e. The molecule has 0 saturated heterocycles. The molecule has 23 heavy (non-hydrogen) atoms. The summed E-state index contributed by atoms with van der Waals surface area (Å²) in [6.07, 6.45) is 0. The molecule has 0 bridgehead atoms. The number of ether oxygens (including phenoxy) is 1. The van der Waals surface area contributed by atoms with Gasteiger partial charge in [0.2, 0.25) is 0 Å². The van der Waals surface area contributed by atoms with Crippen LogP contribution in [0.3, 0.4) is 0 Å². The highest BCUT2D eigenvalue weighted by atomic mass is 32.1. The zero-order valence-electron chi connectivity index (χ0n) is 12.0. The van der Waals surface area contributed by atoms with Crippen molar-refractivity contribution in [1.29, 1.82) is 0 Å². The highest BCUT2D eigenvalue weighted by Crippen LogP contribution is 2.15. The average molecular weight is 330 g/mol. The van der Waals surface area contributed by atoms with Gasteiger partial charge in [-0.2, -0.15) is 0 Å². The second kappa shape index (κ2) is 7.90. The summed E-state index contributed by atoms with van der Waals surface area (Å²) in [7, 11) is 0. The van der Waals surface area contributed by atoms with Crippen LogP contribution < -0.4 is 15.4 Å². The average Bonchev–Trinajstić information content (AvgIpc) is 2.55. The number of hydrogen-bond donors (Lipinski definition) is 3. The van der Waals surface area contributed by atoms with E-state index in [0.717, 1.165) is 0 Å². The van der Waals surface area contributed by atoms with E-state index >= 15 is 0 Å². The van der Waals surface area contributed by atoms with Gasteiger partial charge in [-0.25, -0.2) is 4.79 Å². The van der Waals surface area contributed by atoms with Crippen molar-refractivity contribution >= 4 is 34.9 Å². The van der Waals surface area contributed by atoms with Gasteiger partial charge in [0, 0.05) is 11.3 Å². The van der Waals surface area contributed by atoms with Gasteiger partial charge in [0.25, 0.3) is 5.91 Å². The molecule has 0 saturated carbocycles. The van der Waals surface area contributed by atoms with E-state index in [1.165, 1.54) is 0 Å². The molecule has 0 radical (unpaired) electrons. The number of thiocarbonyl (C=S) groups is 1. The number of benzene rings is 2. The Morgan fingerprint density at radius 1 is 1.04 bits per heavy atom. The fourth-order valence-corrected chi connectivity index (χ4v) is 1.92. The van der Waals surface area contributed by atoms with E-state index in [4.69, 9.17) is 22.1 Å².